The Morgan fingerprint density at radius 2 is 2.11 bits per heavy atom. The minimum atomic E-state index is -4.14. The van der Waals surface area contributed by atoms with E-state index in [4.69, 9.17) is 5.73 Å². The molecule has 1 aromatic rings. The Balaban J connectivity index is 3.09. The summed E-state index contributed by atoms with van der Waals surface area (Å²) in [5.74, 6) is -1.50. The molecule has 0 fully saturated rings. The third-order valence-electron chi connectivity index (χ3n) is 2.01. The summed E-state index contributed by atoms with van der Waals surface area (Å²) >= 11 is 2.86. The van der Waals surface area contributed by atoms with Gasteiger partial charge in [-0.05, 0) is 28.1 Å². The normalized spacial score (nSPS) is 11.3. The fraction of sp³-hybridized carbons (Fsp3) is 0.222. The Hall–Kier alpha value is -1.19. The van der Waals surface area contributed by atoms with Crippen molar-refractivity contribution in [3.8, 4) is 0 Å². The van der Waals surface area contributed by atoms with Crippen molar-refractivity contribution in [3.05, 3.63) is 22.4 Å². The molecule has 0 spiro atoms. The number of amides is 1. The number of nitrogens with two attached hydrogens (primary N) is 1. The van der Waals surface area contributed by atoms with Crippen molar-refractivity contribution in [1.82, 2.24) is 10.0 Å². The third-order valence-corrected chi connectivity index (χ3v) is 3.99. The summed E-state index contributed by atoms with van der Waals surface area (Å²) in [5, 5.41) is 2.23. The largest absolute Gasteiger partial charge is 0.399 e. The van der Waals surface area contributed by atoms with Crippen molar-refractivity contribution in [1.29, 1.82) is 0 Å². The van der Waals surface area contributed by atoms with Crippen molar-refractivity contribution in [2.75, 3.05) is 19.3 Å². The van der Waals surface area contributed by atoms with Crippen LogP contribution in [0.1, 0.15) is 0 Å². The summed E-state index contributed by atoms with van der Waals surface area (Å²) in [4.78, 5) is 10.3. The molecule has 0 aliphatic carbocycles. The number of rotatable bonds is 4. The number of anilines is 1. The maximum atomic E-state index is 13.7. The van der Waals surface area contributed by atoms with Gasteiger partial charge in [-0.25, -0.2) is 17.5 Å². The molecule has 1 amide bonds. The molecule has 0 aromatic heterocycles. The van der Waals surface area contributed by atoms with Crippen LogP contribution in [-0.2, 0) is 14.8 Å². The number of likely N-dealkylation sites (N-methyl/N-ethyl adjacent to an activating group) is 1. The molecule has 100 valence electrons. The minimum absolute atomic E-state index is 0.0668. The molecule has 0 aliphatic rings. The second-order valence-electron chi connectivity index (χ2n) is 3.31. The number of hydrogen-bond donors (Lipinski definition) is 3. The van der Waals surface area contributed by atoms with Gasteiger partial charge in [0.05, 0.1) is 11.0 Å². The van der Waals surface area contributed by atoms with Gasteiger partial charge in [0, 0.05) is 12.7 Å². The average molecular weight is 340 g/mol. The first-order valence-electron chi connectivity index (χ1n) is 4.72. The van der Waals surface area contributed by atoms with E-state index in [1.165, 1.54) is 13.1 Å². The quantitative estimate of drug-likeness (QED) is 0.681. The summed E-state index contributed by atoms with van der Waals surface area (Å²) in [7, 11) is -2.78. The molecule has 0 heterocycles. The lowest BCUT2D eigenvalue weighted by Gasteiger charge is -2.09. The number of nitrogen functional groups attached to an aromatic ring is 1. The van der Waals surface area contributed by atoms with E-state index in [0.717, 1.165) is 6.07 Å². The van der Waals surface area contributed by atoms with Gasteiger partial charge in [0.25, 0.3) is 0 Å². The van der Waals surface area contributed by atoms with Crippen LogP contribution in [0.5, 0.6) is 0 Å². The molecule has 0 bridgehead atoms. The van der Waals surface area contributed by atoms with Crippen LogP contribution in [0.15, 0.2) is 21.5 Å². The van der Waals surface area contributed by atoms with Gasteiger partial charge in [-0.1, -0.05) is 0 Å². The van der Waals surface area contributed by atoms with Crippen LogP contribution in [0.25, 0.3) is 0 Å². The molecule has 9 heteroatoms. The zero-order valence-corrected chi connectivity index (χ0v) is 11.7. The predicted octanol–water partition coefficient (Wildman–Crippen LogP) is 0.195. The Kier molecular flexibility index (Phi) is 4.65. The molecule has 0 saturated heterocycles. The Bertz CT molecular complexity index is 577. The lowest BCUT2D eigenvalue weighted by molar-refractivity contribution is -0.119. The predicted molar refractivity (Wildman–Crippen MR) is 67.8 cm³/mol. The van der Waals surface area contributed by atoms with E-state index in [9.17, 15) is 17.6 Å². The van der Waals surface area contributed by atoms with Gasteiger partial charge in [-0.3, -0.25) is 4.79 Å². The van der Waals surface area contributed by atoms with Gasteiger partial charge in [0.1, 0.15) is 4.90 Å². The van der Waals surface area contributed by atoms with E-state index >= 15 is 0 Å². The summed E-state index contributed by atoms with van der Waals surface area (Å²) < 4.78 is 39.1. The van der Waals surface area contributed by atoms with Crippen LogP contribution >= 0.6 is 15.9 Å². The first-order valence-corrected chi connectivity index (χ1v) is 7.00. The molecule has 4 N–H and O–H groups in total. The maximum Gasteiger partial charge on any atom is 0.244 e. The van der Waals surface area contributed by atoms with E-state index in [1.54, 1.807) is 0 Å². The molecule has 0 aliphatic heterocycles. The van der Waals surface area contributed by atoms with Crippen molar-refractivity contribution < 1.29 is 17.6 Å². The number of carbonyl (C=O) groups is 1. The number of sulfonamides is 1. The van der Waals surface area contributed by atoms with Crippen LogP contribution < -0.4 is 15.8 Å². The summed E-state index contributed by atoms with van der Waals surface area (Å²) in [6.45, 7) is -0.481. The highest BCUT2D eigenvalue weighted by Crippen LogP contribution is 2.25. The highest BCUT2D eigenvalue weighted by atomic mass is 79.9. The molecule has 0 saturated carbocycles. The zero-order chi connectivity index (χ0) is 13.9. The molecule has 0 unspecified atom stereocenters. The molecule has 0 atom stereocenters. The Morgan fingerprint density at radius 1 is 1.50 bits per heavy atom. The minimum Gasteiger partial charge on any atom is -0.399 e. The van der Waals surface area contributed by atoms with Crippen LogP contribution in [0.4, 0.5) is 10.1 Å². The summed E-state index contributed by atoms with van der Waals surface area (Å²) in [6.07, 6.45) is 0. The molecule has 0 radical (unpaired) electrons. The van der Waals surface area contributed by atoms with Gasteiger partial charge in [0.15, 0.2) is 5.82 Å². The van der Waals surface area contributed by atoms with Gasteiger partial charge in [0.2, 0.25) is 15.9 Å². The molecule has 6 nitrogen and oxygen atoms in total. The topological polar surface area (TPSA) is 101 Å². The Labute approximate surface area is 112 Å². The van der Waals surface area contributed by atoms with E-state index in [2.05, 4.69) is 21.2 Å². The van der Waals surface area contributed by atoms with Gasteiger partial charge >= 0.3 is 0 Å². The SMILES string of the molecule is CNC(=O)CNS(=O)(=O)c1cc(N)cc(Br)c1F. The van der Waals surface area contributed by atoms with Gasteiger partial charge in [-0.2, -0.15) is 0 Å². The van der Waals surface area contributed by atoms with Crippen LogP contribution in [0.2, 0.25) is 0 Å². The van der Waals surface area contributed by atoms with Crippen molar-refractivity contribution >= 4 is 37.5 Å². The van der Waals surface area contributed by atoms with Crippen LogP contribution in [-0.4, -0.2) is 27.9 Å². The fourth-order valence-electron chi connectivity index (χ4n) is 1.11. The van der Waals surface area contributed by atoms with E-state index in [1.807, 2.05) is 4.72 Å². The number of halogens is 2. The third kappa shape index (κ3) is 3.40. The summed E-state index contributed by atoms with van der Waals surface area (Å²) in [6, 6.07) is 2.22. The second kappa shape index (κ2) is 5.63. The molecular formula is C9H11BrFN3O3S. The number of hydrogen-bond acceptors (Lipinski definition) is 4. The number of carbonyl (C=O) groups excluding carboxylic acids is 1. The molecule has 1 aromatic carbocycles. The first-order chi connectivity index (χ1) is 8.27. The number of nitrogens with one attached hydrogen (secondary N) is 2. The molecular weight excluding hydrogens is 329 g/mol. The van der Waals surface area contributed by atoms with Crippen LogP contribution in [0.3, 0.4) is 0 Å². The van der Waals surface area contributed by atoms with E-state index in [-0.39, 0.29) is 10.2 Å². The smallest absolute Gasteiger partial charge is 0.244 e. The van der Waals surface area contributed by atoms with E-state index in [0.29, 0.717) is 0 Å². The standard InChI is InChI=1S/C9H11BrFN3O3S/c1-13-8(15)4-14-18(16,17)7-3-5(12)2-6(10)9(7)11/h2-3,14H,4,12H2,1H3,(H,13,15). The van der Waals surface area contributed by atoms with Crippen molar-refractivity contribution in [2.24, 2.45) is 0 Å². The fourth-order valence-corrected chi connectivity index (χ4v) is 2.83. The summed E-state index contributed by atoms with van der Waals surface area (Å²) in [5.41, 5.74) is 5.53. The highest BCUT2D eigenvalue weighted by Gasteiger charge is 2.22. The average Bonchev–Trinajstić information content (AvgIpc) is 2.30. The van der Waals surface area contributed by atoms with E-state index < -0.39 is 33.2 Å². The Morgan fingerprint density at radius 3 is 2.67 bits per heavy atom. The second-order valence-corrected chi connectivity index (χ2v) is 5.90. The molecule has 18 heavy (non-hydrogen) atoms. The van der Waals surface area contributed by atoms with Gasteiger partial charge in [-0.15, -0.1) is 0 Å². The highest BCUT2D eigenvalue weighted by molar-refractivity contribution is 9.10. The molecule has 1 rings (SSSR count). The number of benzene rings is 1. The monoisotopic (exact) mass is 339 g/mol. The van der Waals surface area contributed by atoms with Crippen molar-refractivity contribution in [3.63, 3.8) is 0 Å². The lowest BCUT2D eigenvalue weighted by Crippen LogP contribution is -2.35. The van der Waals surface area contributed by atoms with Crippen LogP contribution in [0, 0.1) is 5.82 Å². The lowest BCUT2D eigenvalue weighted by atomic mass is 10.3. The zero-order valence-electron chi connectivity index (χ0n) is 9.33. The van der Waals surface area contributed by atoms with Crippen molar-refractivity contribution in [2.45, 2.75) is 4.90 Å². The first kappa shape index (κ1) is 14.9. The maximum absolute atomic E-state index is 13.7. The van der Waals surface area contributed by atoms with Gasteiger partial charge < -0.3 is 11.1 Å².